The van der Waals surface area contributed by atoms with Crippen LogP contribution >= 0.6 is 24.0 Å². The maximum absolute atomic E-state index is 5.41. The Labute approximate surface area is 212 Å². The molecule has 1 saturated heterocycles. The SMILES string of the molecule is CN=C(NCCCn1cnc2ccccc21)NC1CCN(c2cc(OC)cc(OC)c2)C1.I. The van der Waals surface area contributed by atoms with Crippen LogP contribution in [0.2, 0.25) is 0 Å². The summed E-state index contributed by atoms with van der Waals surface area (Å²) in [5, 5.41) is 7.01. The number of ether oxygens (including phenoxy) is 2. The number of anilines is 1. The number of nitrogens with zero attached hydrogens (tertiary/aromatic N) is 4. The number of hydrogen-bond acceptors (Lipinski definition) is 5. The zero-order valence-electron chi connectivity index (χ0n) is 19.5. The van der Waals surface area contributed by atoms with Gasteiger partial charge < -0.3 is 29.6 Å². The molecule has 0 saturated carbocycles. The molecule has 2 N–H and O–H groups in total. The first kappa shape index (κ1) is 24.9. The zero-order chi connectivity index (χ0) is 22.3. The van der Waals surface area contributed by atoms with Crippen LogP contribution in [0, 0.1) is 0 Å². The molecular formula is C24H33IN6O2. The number of para-hydroxylation sites is 2. The normalized spacial score (nSPS) is 15.9. The van der Waals surface area contributed by atoms with Gasteiger partial charge in [0, 0.05) is 63.2 Å². The van der Waals surface area contributed by atoms with Gasteiger partial charge in [0.15, 0.2) is 5.96 Å². The number of guanidine groups is 1. The van der Waals surface area contributed by atoms with Crippen LogP contribution in [-0.2, 0) is 6.54 Å². The fourth-order valence-electron chi connectivity index (χ4n) is 4.12. The molecule has 0 amide bonds. The summed E-state index contributed by atoms with van der Waals surface area (Å²) < 4.78 is 13.0. The first-order valence-electron chi connectivity index (χ1n) is 11.0. The lowest BCUT2D eigenvalue weighted by atomic mass is 10.2. The third-order valence-corrected chi connectivity index (χ3v) is 5.85. The third-order valence-electron chi connectivity index (χ3n) is 5.85. The number of aliphatic imine (C=N–C) groups is 1. The van der Waals surface area contributed by atoms with Crippen molar-refractivity contribution < 1.29 is 9.47 Å². The van der Waals surface area contributed by atoms with Crippen molar-refractivity contribution in [1.29, 1.82) is 0 Å². The number of fused-ring (bicyclic) bond motifs is 1. The Bertz CT molecular complexity index is 1050. The Kier molecular flexibility index (Phi) is 9.04. The maximum atomic E-state index is 5.41. The van der Waals surface area contributed by atoms with Crippen molar-refractivity contribution in [2.75, 3.05) is 45.8 Å². The second-order valence-electron chi connectivity index (χ2n) is 7.93. The molecule has 1 atom stereocenters. The molecule has 0 radical (unpaired) electrons. The topological polar surface area (TPSA) is 75.9 Å². The highest BCUT2D eigenvalue weighted by molar-refractivity contribution is 14.0. The van der Waals surface area contributed by atoms with Crippen LogP contribution < -0.4 is 25.0 Å². The first-order valence-corrected chi connectivity index (χ1v) is 11.0. The Balaban J connectivity index is 0.00000306. The van der Waals surface area contributed by atoms with Crippen LogP contribution in [0.3, 0.4) is 0 Å². The monoisotopic (exact) mass is 564 g/mol. The largest absolute Gasteiger partial charge is 0.497 e. The summed E-state index contributed by atoms with van der Waals surface area (Å²) in [6, 6.07) is 14.6. The molecule has 33 heavy (non-hydrogen) atoms. The van der Waals surface area contributed by atoms with E-state index in [1.54, 1.807) is 14.2 Å². The minimum Gasteiger partial charge on any atom is -0.497 e. The van der Waals surface area contributed by atoms with Crippen molar-refractivity contribution in [2.45, 2.75) is 25.4 Å². The second-order valence-corrected chi connectivity index (χ2v) is 7.93. The first-order chi connectivity index (χ1) is 15.7. The zero-order valence-corrected chi connectivity index (χ0v) is 21.8. The average molecular weight is 564 g/mol. The van der Waals surface area contributed by atoms with E-state index in [0.717, 1.165) is 67.7 Å². The molecule has 9 heteroatoms. The van der Waals surface area contributed by atoms with Crippen molar-refractivity contribution in [2.24, 2.45) is 4.99 Å². The van der Waals surface area contributed by atoms with Gasteiger partial charge in [0.1, 0.15) is 11.5 Å². The van der Waals surface area contributed by atoms with Crippen LogP contribution in [0.15, 0.2) is 53.8 Å². The molecule has 0 aliphatic carbocycles. The van der Waals surface area contributed by atoms with E-state index < -0.39 is 0 Å². The van der Waals surface area contributed by atoms with Crippen molar-refractivity contribution >= 4 is 46.7 Å². The Hall–Kier alpha value is -2.69. The molecule has 4 rings (SSSR count). The summed E-state index contributed by atoms with van der Waals surface area (Å²) in [4.78, 5) is 11.2. The van der Waals surface area contributed by atoms with Gasteiger partial charge >= 0.3 is 0 Å². The highest BCUT2D eigenvalue weighted by atomic mass is 127. The third kappa shape index (κ3) is 6.21. The van der Waals surface area contributed by atoms with Crippen LogP contribution in [0.25, 0.3) is 11.0 Å². The van der Waals surface area contributed by atoms with Crippen LogP contribution in [-0.4, -0.2) is 62.5 Å². The Morgan fingerprint density at radius 2 is 1.91 bits per heavy atom. The Morgan fingerprint density at radius 3 is 2.64 bits per heavy atom. The molecule has 0 bridgehead atoms. The van der Waals surface area contributed by atoms with E-state index in [1.807, 2.05) is 31.6 Å². The lowest BCUT2D eigenvalue weighted by Gasteiger charge is -2.21. The number of methoxy groups -OCH3 is 2. The van der Waals surface area contributed by atoms with Crippen molar-refractivity contribution in [1.82, 2.24) is 20.2 Å². The fraction of sp³-hybridized carbons (Fsp3) is 0.417. The van der Waals surface area contributed by atoms with E-state index in [0.29, 0.717) is 6.04 Å². The molecule has 2 aromatic carbocycles. The van der Waals surface area contributed by atoms with E-state index in [4.69, 9.17) is 9.47 Å². The van der Waals surface area contributed by atoms with E-state index in [-0.39, 0.29) is 24.0 Å². The molecule has 1 fully saturated rings. The summed E-state index contributed by atoms with van der Waals surface area (Å²) in [6.07, 6.45) is 3.95. The van der Waals surface area contributed by atoms with E-state index in [1.165, 1.54) is 5.52 Å². The van der Waals surface area contributed by atoms with E-state index >= 15 is 0 Å². The van der Waals surface area contributed by atoms with Crippen LogP contribution in [0.5, 0.6) is 11.5 Å². The van der Waals surface area contributed by atoms with Gasteiger partial charge in [0.05, 0.1) is 31.6 Å². The molecule has 1 aliphatic rings. The number of rotatable bonds is 8. The summed E-state index contributed by atoms with van der Waals surface area (Å²) in [7, 11) is 5.17. The van der Waals surface area contributed by atoms with Gasteiger partial charge in [-0.05, 0) is 25.0 Å². The highest BCUT2D eigenvalue weighted by Crippen LogP contribution is 2.30. The van der Waals surface area contributed by atoms with Gasteiger partial charge in [-0.25, -0.2) is 4.98 Å². The minimum absolute atomic E-state index is 0. The quantitative estimate of drug-likeness (QED) is 0.189. The smallest absolute Gasteiger partial charge is 0.191 e. The van der Waals surface area contributed by atoms with Gasteiger partial charge in [0.2, 0.25) is 0 Å². The summed E-state index contributed by atoms with van der Waals surface area (Å²) >= 11 is 0. The predicted molar refractivity (Wildman–Crippen MR) is 144 cm³/mol. The predicted octanol–water partition coefficient (Wildman–Crippen LogP) is 3.51. The number of imidazole rings is 1. The number of hydrogen-bond donors (Lipinski definition) is 2. The molecule has 1 aliphatic heterocycles. The molecule has 1 aromatic heterocycles. The maximum Gasteiger partial charge on any atom is 0.191 e. The summed E-state index contributed by atoms with van der Waals surface area (Å²) in [5.41, 5.74) is 3.33. The molecule has 0 spiro atoms. The van der Waals surface area contributed by atoms with Crippen LogP contribution in [0.1, 0.15) is 12.8 Å². The van der Waals surface area contributed by atoms with E-state index in [9.17, 15) is 0 Å². The van der Waals surface area contributed by atoms with Gasteiger partial charge in [-0.2, -0.15) is 0 Å². The molecule has 3 aromatic rings. The number of aryl methyl sites for hydroxylation is 1. The van der Waals surface area contributed by atoms with Gasteiger partial charge in [0.25, 0.3) is 0 Å². The number of benzene rings is 2. The number of nitrogens with one attached hydrogen (secondary N) is 2. The number of aromatic nitrogens is 2. The van der Waals surface area contributed by atoms with Crippen molar-refractivity contribution in [3.05, 3.63) is 48.8 Å². The summed E-state index contributed by atoms with van der Waals surface area (Å²) in [6.45, 7) is 3.63. The number of halogens is 1. The molecule has 178 valence electrons. The van der Waals surface area contributed by atoms with Crippen molar-refractivity contribution in [3.8, 4) is 11.5 Å². The lowest BCUT2D eigenvalue weighted by molar-refractivity contribution is 0.394. The molecule has 2 heterocycles. The summed E-state index contributed by atoms with van der Waals surface area (Å²) in [5.74, 6) is 2.45. The van der Waals surface area contributed by atoms with Gasteiger partial charge in [-0.15, -0.1) is 24.0 Å². The molecule has 1 unspecified atom stereocenters. The van der Waals surface area contributed by atoms with Gasteiger partial charge in [-0.3, -0.25) is 4.99 Å². The van der Waals surface area contributed by atoms with Crippen molar-refractivity contribution in [3.63, 3.8) is 0 Å². The second kappa shape index (κ2) is 12.0. The lowest BCUT2D eigenvalue weighted by Crippen LogP contribution is -2.45. The highest BCUT2D eigenvalue weighted by Gasteiger charge is 2.24. The fourth-order valence-corrected chi connectivity index (χ4v) is 4.12. The molecule has 8 nitrogen and oxygen atoms in total. The average Bonchev–Trinajstić information content (AvgIpc) is 3.48. The Morgan fingerprint density at radius 1 is 1.15 bits per heavy atom. The van der Waals surface area contributed by atoms with E-state index in [2.05, 4.69) is 54.3 Å². The van der Waals surface area contributed by atoms with Crippen LogP contribution in [0.4, 0.5) is 5.69 Å². The minimum atomic E-state index is 0. The van der Waals surface area contributed by atoms with Gasteiger partial charge in [-0.1, -0.05) is 12.1 Å². The standard InChI is InChI=1S/C24H32N6O2.HI/c1-25-24(26-10-6-11-30-17-27-22-7-4-5-8-23(22)30)28-18-9-12-29(16-18)19-13-20(31-2)15-21(14-19)32-3;/h4-5,7-8,13-15,17-18H,6,9-12,16H2,1-3H3,(H2,25,26,28);1H. The molecular weight excluding hydrogens is 531 g/mol.